The summed E-state index contributed by atoms with van der Waals surface area (Å²) in [5.41, 5.74) is 3.86. The van der Waals surface area contributed by atoms with Crippen LogP contribution in [0.1, 0.15) is 30.2 Å². The summed E-state index contributed by atoms with van der Waals surface area (Å²) in [7, 11) is 0. The van der Waals surface area contributed by atoms with Gasteiger partial charge in [-0.2, -0.15) is 0 Å². The van der Waals surface area contributed by atoms with Gasteiger partial charge in [0.1, 0.15) is 0 Å². The van der Waals surface area contributed by atoms with Crippen molar-refractivity contribution in [3.63, 3.8) is 0 Å². The Hall–Kier alpha value is -1.92. The van der Waals surface area contributed by atoms with E-state index in [4.69, 9.17) is 11.6 Å². The molecule has 2 amide bonds. The zero-order chi connectivity index (χ0) is 18.0. The molecular formula is C18H20ClN3O2S. The van der Waals surface area contributed by atoms with Gasteiger partial charge >= 0.3 is 0 Å². The standard InChI is InChI=1S/C18H20ClN3O2S/c1-3-12-6-4-5-11(2)16(12)22-9-13(7-15(22)23)17(24)21-18-20-14(8-19)10-25-18/h4-6,10,13H,3,7-9H2,1-2H3,(H,20,21,24). The number of carbonyl (C=O) groups excluding carboxylic acids is 2. The van der Waals surface area contributed by atoms with Crippen molar-refractivity contribution >= 4 is 45.6 Å². The van der Waals surface area contributed by atoms with Crippen molar-refractivity contribution in [2.24, 2.45) is 5.92 Å². The number of halogens is 1. The number of rotatable bonds is 5. The maximum absolute atomic E-state index is 12.5. The molecule has 1 saturated heterocycles. The second-order valence-corrected chi connectivity index (χ2v) is 7.23. The van der Waals surface area contributed by atoms with Gasteiger partial charge in [0.15, 0.2) is 5.13 Å². The lowest BCUT2D eigenvalue weighted by Crippen LogP contribution is -2.29. The maximum atomic E-state index is 12.5. The van der Waals surface area contributed by atoms with E-state index in [0.717, 1.165) is 28.9 Å². The quantitative estimate of drug-likeness (QED) is 0.807. The SMILES string of the molecule is CCc1cccc(C)c1N1CC(C(=O)Nc2nc(CCl)cs2)CC1=O. The van der Waals surface area contributed by atoms with Gasteiger partial charge in [-0.05, 0) is 24.5 Å². The number of carbonyl (C=O) groups is 2. The molecule has 132 valence electrons. The third-order valence-electron chi connectivity index (χ3n) is 4.39. The number of para-hydroxylation sites is 1. The number of nitrogens with one attached hydrogen (secondary N) is 1. The first kappa shape index (κ1) is 17.9. The Morgan fingerprint density at radius 2 is 2.28 bits per heavy atom. The van der Waals surface area contributed by atoms with Gasteiger partial charge in [-0.1, -0.05) is 25.1 Å². The number of hydrogen-bond acceptors (Lipinski definition) is 4. The Bertz CT molecular complexity index is 805. The van der Waals surface area contributed by atoms with Gasteiger partial charge in [0.05, 0.1) is 17.5 Å². The summed E-state index contributed by atoms with van der Waals surface area (Å²) < 4.78 is 0. The third-order valence-corrected chi connectivity index (χ3v) is 5.47. The van der Waals surface area contributed by atoms with Crippen molar-refractivity contribution < 1.29 is 9.59 Å². The number of hydrogen-bond donors (Lipinski definition) is 1. The van der Waals surface area contributed by atoms with E-state index in [-0.39, 0.29) is 24.2 Å². The van der Waals surface area contributed by atoms with E-state index in [1.54, 1.807) is 4.90 Å². The molecule has 1 N–H and O–H groups in total. The van der Waals surface area contributed by atoms with E-state index in [2.05, 4.69) is 17.2 Å². The summed E-state index contributed by atoms with van der Waals surface area (Å²) >= 11 is 7.08. The second-order valence-electron chi connectivity index (χ2n) is 6.11. The van der Waals surface area contributed by atoms with Crippen LogP contribution in [0, 0.1) is 12.8 Å². The highest BCUT2D eigenvalue weighted by Crippen LogP contribution is 2.32. The summed E-state index contributed by atoms with van der Waals surface area (Å²) in [5.74, 6) is -0.238. The molecular weight excluding hydrogens is 358 g/mol. The molecule has 3 rings (SSSR count). The Morgan fingerprint density at radius 1 is 1.48 bits per heavy atom. The molecule has 1 aromatic carbocycles. The minimum atomic E-state index is -0.375. The van der Waals surface area contributed by atoms with E-state index in [9.17, 15) is 9.59 Å². The highest BCUT2D eigenvalue weighted by atomic mass is 35.5. The Balaban J connectivity index is 1.75. The summed E-state index contributed by atoms with van der Waals surface area (Å²) in [6.45, 7) is 4.47. The summed E-state index contributed by atoms with van der Waals surface area (Å²) in [6.07, 6.45) is 1.06. The fourth-order valence-corrected chi connectivity index (χ4v) is 4.07. The van der Waals surface area contributed by atoms with Crippen molar-refractivity contribution in [3.05, 3.63) is 40.4 Å². The van der Waals surface area contributed by atoms with Crippen molar-refractivity contribution in [1.82, 2.24) is 4.98 Å². The number of aryl methyl sites for hydroxylation is 2. The first-order chi connectivity index (χ1) is 12.0. The van der Waals surface area contributed by atoms with Crippen molar-refractivity contribution in [1.29, 1.82) is 0 Å². The van der Waals surface area contributed by atoms with Crippen molar-refractivity contribution in [2.45, 2.75) is 32.6 Å². The average Bonchev–Trinajstić information content (AvgIpc) is 3.21. The molecule has 1 unspecified atom stereocenters. The van der Waals surface area contributed by atoms with Gasteiger partial charge in [-0.25, -0.2) is 4.98 Å². The maximum Gasteiger partial charge on any atom is 0.231 e. The van der Waals surface area contributed by atoms with E-state index in [1.807, 2.05) is 30.5 Å². The van der Waals surface area contributed by atoms with Crippen LogP contribution < -0.4 is 10.2 Å². The molecule has 2 heterocycles. The van der Waals surface area contributed by atoms with Crippen LogP contribution in [-0.4, -0.2) is 23.3 Å². The molecule has 0 spiro atoms. The number of aromatic nitrogens is 1. The molecule has 1 aliphatic rings. The zero-order valence-corrected chi connectivity index (χ0v) is 15.8. The van der Waals surface area contributed by atoms with Crippen LogP contribution >= 0.6 is 22.9 Å². The van der Waals surface area contributed by atoms with Crippen LogP contribution in [0.25, 0.3) is 0 Å². The zero-order valence-electron chi connectivity index (χ0n) is 14.2. The molecule has 1 aromatic heterocycles. The summed E-state index contributed by atoms with van der Waals surface area (Å²) in [6, 6.07) is 6.03. The van der Waals surface area contributed by atoms with Gasteiger partial charge < -0.3 is 10.2 Å². The number of thiazole rings is 1. The van der Waals surface area contributed by atoms with E-state index in [1.165, 1.54) is 11.3 Å². The average molecular weight is 378 g/mol. The van der Waals surface area contributed by atoms with Crippen LogP contribution in [0.4, 0.5) is 10.8 Å². The van der Waals surface area contributed by atoms with Crippen molar-refractivity contribution in [2.75, 3.05) is 16.8 Å². The topological polar surface area (TPSA) is 62.3 Å². The highest BCUT2D eigenvalue weighted by Gasteiger charge is 2.36. The number of nitrogens with zero attached hydrogens (tertiary/aromatic N) is 2. The number of alkyl halides is 1. The predicted octanol–water partition coefficient (Wildman–Crippen LogP) is 3.74. The molecule has 1 fully saturated rings. The van der Waals surface area contributed by atoms with Crippen LogP contribution in [0.2, 0.25) is 0 Å². The molecule has 7 heteroatoms. The predicted molar refractivity (Wildman–Crippen MR) is 101 cm³/mol. The minimum absolute atomic E-state index is 0.00950. The monoisotopic (exact) mass is 377 g/mol. The molecule has 0 radical (unpaired) electrons. The molecule has 0 saturated carbocycles. The van der Waals surface area contributed by atoms with Gasteiger partial charge in [0.25, 0.3) is 0 Å². The van der Waals surface area contributed by atoms with Gasteiger partial charge in [-0.3, -0.25) is 9.59 Å². The van der Waals surface area contributed by atoms with Crippen LogP contribution in [0.5, 0.6) is 0 Å². The van der Waals surface area contributed by atoms with Crippen LogP contribution in [0.3, 0.4) is 0 Å². The summed E-state index contributed by atoms with van der Waals surface area (Å²) in [4.78, 5) is 31.0. The third kappa shape index (κ3) is 3.70. The van der Waals surface area contributed by atoms with E-state index in [0.29, 0.717) is 17.6 Å². The van der Waals surface area contributed by atoms with Crippen LogP contribution in [0.15, 0.2) is 23.6 Å². The molecule has 25 heavy (non-hydrogen) atoms. The molecule has 2 aromatic rings. The first-order valence-corrected chi connectivity index (χ1v) is 9.65. The Kier molecular flexibility index (Phi) is 5.39. The van der Waals surface area contributed by atoms with E-state index < -0.39 is 0 Å². The van der Waals surface area contributed by atoms with Crippen molar-refractivity contribution in [3.8, 4) is 0 Å². The fraction of sp³-hybridized carbons (Fsp3) is 0.389. The fourth-order valence-electron chi connectivity index (χ4n) is 3.12. The lowest BCUT2D eigenvalue weighted by molar-refractivity contribution is -0.122. The minimum Gasteiger partial charge on any atom is -0.311 e. The molecule has 0 bridgehead atoms. The molecule has 5 nitrogen and oxygen atoms in total. The lowest BCUT2D eigenvalue weighted by atomic mass is 10.0. The lowest BCUT2D eigenvalue weighted by Gasteiger charge is -2.22. The Morgan fingerprint density at radius 3 is 2.96 bits per heavy atom. The first-order valence-electron chi connectivity index (χ1n) is 8.23. The largest absolute Gasteiger partial charge is 0.311 e. The smallest absolute Gasteiger partial charge is 0.231 e. The van der Waals surface area contributed by atoms with Gasteiger partial charge in [0, 0.05) is 24.0 Å². The van der Waals surface area contributed by atoms with Gasteiger partial charge in [-0.15, -0.1) is 22.9 Å². The second kappa shape index (κ2) is 7.54. The molecule has 0 aliphatic carbocycles. The number of benzene rings is 1. The van der Waals surface area contributed by atoms with Gasteiger partial charge in [0.2, 0.25) is 11.8 Å². The van der Waals surface area contributed by atoms with Crippen LogP contribution in [-0.2, 0) is 21.9 Å². The number of anilines is 2. The summed E-state index contributed by atoms with van der Waals surface area (Å²) in [5, 5.41) is 5.15. The number of amides is 2. The molecule has 1 aliphatic heterocycles. The van der Waals surface area contributed by atoms with E-state index >= 15 is 0 Å². The normalized spacial score (nSPS) is 17.2. The molecule has 1 atom stereocenters. The highest BCUT2D eigenvalue weighted by molar-refractivity contribution is 7.14. The Labute approximate surface area is 156 Å².